The molecule has 1 N–H and O–H groups in total. The predicted molar refractivity (Wildman–Crippen MR) is 152 cm³/mol. The number of allylic oxidation sites excluding steroid dienone is 1. The quantitative estimate of drug-likeness (QED) is 0.274. The van der Waals surface area contributed by atoms with Crippen LogP contribution in [-0.2, 0) is 48.3 Å². The SMILES string of the molecule is C=CCn1c(=NC(=O)CS(=O)(=O)CC(=O)Nc2sc3c(c2C(=O)OCC)CCC3)sc2cc(C(=O)OC)ccc21. The Labute approximate surface area is 238 Å². The van der Waals surface area contributed by atoms with E-state index in [0.29, 0.717) is 22.2 Å². The number of hydrogen-bond donors (Lipinski definition) is 1. The van der Waals surface area contributed by atoms with Crippen molar-refractivity contribution in [1.29, 1.82) is 0 Å². The van der Waals surface area contributed by atoms with E-state index in [2.05, 4.69) is 16.9 Å². The molecule has 3 aromatic rings. The molecule has 0 radical (unpaired) electrons. The summed E-state index contributed by atoms with van der Waals surface area (Å²) >= 11 is 2.33. The van der Waals surface area contributed by atoms with E-state index in [0.717, 1.165) is 34.6 Å². The van der Waals surface area contributed by atoms with Gasteiger partial charge < -0.3 is 19.4 Å². The van der Waals surface area contributed by atoms with Crippen LogP contribution in [0.1, 0.15) is 44.5 Å². The molecule has 0 saturated carbocycles. The number of anilines is 1. The number of nitrogens with one attached hydrogen (secondary N) is 1. The molecule has 4 rings (SSSR count). The van der Waals surface area contributed by atoms with Gasteiger partial charge in [-0.3, -0.25) is 9.59 Å². The van der Waals surface area contributed by atoms with Crippen LogP contribution in [0.15, 0.2) is 35.8 Å². The second-order valence-corrected chi connectivity index (χ2v) is 13.0. The van der Waals surface area contributed by atoms with Gasteiger partial charge in [0.15, 0.2) is 14.6 Å². The molecule has 2 amide bonds. The summed E-state index contributed by atoms with van der Waals surface area (Å²) < 4.78 is 37.6. The highest BCUT2D eigenvalue weighted by Crippen LogP contribution is 2.39. The van der Waals surface area contributed by atoms with Gasteiger partial charge in [0.05, 0.1) is 35.1 Å². The zero-order chi connectivity index (χ0) is 29.0. The molecule has 0 bridgehead atoms. The third-order valence-electron chi connectivity index (χ3n) is 5.98. The van der Waals surface area contributed by atoms with Crippen LogP contribution < -0.4 is 10.1 Å². The van der Waals surface area contributed by atoms with Crippen molar-refractivity contribution in [2.24, 2.45) is 4.99 Å². The summed E-state index contributed by atoms with van der Waals surface area (Å²) in [6, 6.07) is 4.85. The molecule has 0 spiro atoms. The number of benzene rings is 1. The molecule has 1 aromatic carbocycles. The molecule has 14 heteroatoms. The summed E-state index contributed by atoms with van der Waals surface area (Å²) in [7, 11) is -2.92. The number of amides is 2. The maximum absolute atomic E-state index is 12.7. The Kier molecular flexibility index (Phi) is 9.01. The Balaban J connectivity index is 1.52. The number of ether oxygens (including phenoxy) is 2. The molecule has 2 aromatic heterocycles. The molecule has 11 nitrogen and oxygen atoms in total. The third kappa shape index (κ3) is 6.40. The van der Waals surface area contributed by atoms with Crippen LogP contribution in [-0.4, -0.2) is 62.0 Å². The van der Waals surface area contributed by atoms with E-state index in [1.165, 1.54) is 18.4 Å². The first-order valence-electron chi connectivity index (χ1n) is 12.3. The highest BCUT2D eigenvalue weighted by atomic mass is 32.2. The van der Waals surface area contributed by atoms with E-state index in [-0.39, 0.29) is 28.5 Å². The highest BCUT2D eigenvalue weighted by Gasteiger charge is 2.29. The Morgan fingerprint density at radius 1 is 1.15 bits per heavy atom. The van der Waals surface area contributed by atoms with E-state index in [4.69, 9.17) is 9.47 Å². The first kappa shape index (κ1) is 29.4. The topological polar surface area (TPSA) is 150 Å². The number of carbonyl (C=O) groups excluding carboxylic acids is 4. The number of esters is 2. The number of sulfone groups is 1. The van der Waals surface area contributed by atoms with Crippen LogP contribution in [0.5, 0.6) is 0 Å². The van der Waals surface area contributed by atoms with Crippen molar-refractivity contribution in [3.8, 4) is 0 Å². The number of thiophene rings is 1. The first-order valence-corrected chi connectivity index (χ1v) is 15.7. The maximum atomic E-state index is 12.7. The van der Waals surface area contributed by atoms with Crippen LogP contribution in [0.3, 0.4) is 0 Å². The van der Waals surface area contributed by atoms with Gasteiger partial charge in [0.2, 0.25) is 5.91 Å². The van der Waals surface area contributed by atoms with Crippen LogP contribution in [0, 0.1) is 0 Å². The lowest BCUT2D eigenvalue weighted by atomic mass is 10.1. The third-order valence-corrected chi connectivity index (χ3v) is 9.62. The minimum absolute atomic E-state index is 0.163. The summed E-state index contributed by atoms with van der Waals surface area (Å²) in [5, 5.41) is 2.78. The van der Waals surface area contributed by atoms with Crippen molar-refractivity contribution >= 4 is 71.5 Å². The molecule has 0 aliphatic heterocycles. The Hall–Kier alpha value is -3.62. The highest BCUT2D eigenvalue weighted by molar-refractivity contribution is 7.92. The zero-order valence-corrected chi connectivity index (χ0v) is 24.3. The lowest BCUT2D eigenvalue weighted by Crippen LogP contribution is -2.28. The summed E-state index contributed by atoms with van der Waals surface area (Å²) in [5.74, 6) is -4.84. The van der Waals surface area contributed by atoms with Gasteiger partial charge in [-0.2, -0.15) is 4.99 Å². The molecule has 1 aliphatic carbocycles. The molecule has 40 heavy (non-hydrogen) atoms. The molecule has 0 saturated heterocycles. The molecular weight excluding hydrogens is 579 g/mol. The first-order chi connectivity index (χ1) is 19.1. The number of aryl methyl sites for hydroxylation is 1. The van der Waals surface area contributed by atoms with Gasteiger partial charge in [-0.1, -0.05) is 17.4 Å². The van der Waals surface area contributed by atoms with Gasteiger partial charge in [0.1, 0.15) is 16.5 Å². The van der Waals surface area contributed by atoms with Gasteiger partial charge in [-0.15, -0.1) is 17.9 Å². The van der Waals surface area contributed by atoms with Gasteiger partial charge in [-0.25, -0.2) is 18.0 Å². The molecular formula is C26H27N3O8S3. The number of fused-ring (bicyclic) bond motifs is 2. The number of aromatic nitrogens is 1. The van der Waals surface area contributed by atoms with Crippen molar-refractivity contribution in [2.75, 3.05) is 30.5 Å². The largest absolute Gasteiger partial charge is 0.465 e. The molecule has 1 aliphatic rings. The number of methoxy groups -OCH3 is 1. The normalized spacial score (nSPS) is 13.2. The number of hydrogen-bond acceptors (Lipinski definition) is 10. The van der Waals surface area contributed by atoms with Crippen molar-refractivity contribution in [1.82, 2.24) is 4.57 Å². The fraction of sp³-hybridized carbons (Fsp3) is 0.346. The lowest BCUT2D eigenvalue weighted by Gasteiger charge is -2.08. The van der Waals surface area contributed by atoms with Gasteiger partial charge in [-0.05, 0) is 49.9 Å². The monoisotopic (exact) mass is 605 g/mol. The van der Waals surface area contributed by atoms with Gasteiger partial charge >= 0.3 is 11.9 Å². The minimum atomic E-state index is -4.19. The molecule has 0 unspecified atom stereocenters. The lowest BCUT2D eigenvalue weighted by molar-refractivity contribution is -0.115. The fourth-order valence-electron chi connectivity index (χ4n) is 4.36. The Bertz CT molecular complexity index is 1700. The second-order valence-electron chi connectivity index (χ2n) is 8.83. The smallest absolute Gasteiger partial charge is 0.341 e. The number of thiazole rings is 1. The van der Waals surface area contributed by atoms with Crippen molar-refractivity contribution in [2.45, 2.75) is 32.7 Å². The number of carbonyl (C=O) groups is 4. The summed E-state index contributed by atoms with van der Waals surface area (Å²) in [6.07, 6.45) is 3.93. The predicted octanol–water partition coefficient (Wildman–Crippen LogP) is 2.88. The van der Waals surface area contributed by atoms with Crippen LogP contribution >= 0.6 is 22.7 Å². The summed E-state index contributed by atoms with van der Waals surface area (Å²) in [5.41, 5.74) is 2.08. The summed E-state index contributed by atoms with van der Waals surface area (Å²) in [4.78, 5) is 54.9. The van der Waals surface area contributed by atoms with Crippen molar-refractivity contribution in [3.63, 3.8) is 0 Å². The average Bonchev–Trinajstić information content (AvgIpc) is 3.55. The Morgan fingerprint density at radius 3 is 2.62 bits per heavy atom. The van der Waals surface area contributed by atoms with E-state index in [9.17, 15) is 27.6 Å². The van der Waals surface area contributed by atoms with E-state index in [1.807, 2.05) is 0 Å². The Morgan fingerprint density at radius 2 is 1.93 bits per heavy atom. The van der Waals surface area contributed by atoms with Crippen LogP contribution in [0.2, 0.25) is 0 Å². The average molecular weight is 606 g/mol. The van der Waals surface area contributed by atoms with Gasteiger partial charge in [0, 0.05) is 11.4 Å². The molecule has 212 valence electrons. The maximum Gasteiger partial charge on any atom is 0.341 e. The standard InChI is InChI=1S/C26H27N3O8S3/c1-4-11-29-17-10-9-15(24(32)36-3)12-19(17)39-26(29)28-21(31)14-40(34,35)13-20(30)27-23-22(25(33)37-5-2)16-7-6-8-18(16)38-23/h4,9-10,12H,1,5-8,11,13-14H2,2-3H3,(H,27,30). The summed E-state index contributed by atoms with van der Waals surface area (Å²) in [6.45, 7) is 5.83. The molecule has 0 atom stereocenters. The zero-order valence-electron chi connectivity index (χ0n) is 21.9. The second kappa shape index (κ2) is 12.3. The number of rotatable bonds is 10. The van der Waals surface area contributed by atoms with E-state index < -0.39 is 45.1 Å². The minimum Gasteiger partial charge on any atom is -0.465 e. The molecule has 0 fully saturated rings. The van der Waals surface area contributed by atoms with Crippen LogP contribution in [0.25, 0.3) is 10.2 Å². The van der Waals surface area contributed by atoms with Crippen molar-refractivity contribution in [3.05, 3.63) is 57.2 Å². The van der Waals surface area contributed by atoms with Gasteiger partial charge in [0.25, 0.3) is 5.91 Å². The fourth-order valence-corrected chi connectivity index (χ4v) is 7.77. The van der Waals surface area contributed by atoms with E-state index >= 15 is 0 Å². The van der Waals surface area contributed by atoms with Crippen LogP contribution in [0.4, 0.5) is 5.00 Å². The van der Waals surface area contributed by atoms with E-state index in [1.54, 1.807) is 35.8 Å². The number of nitrogens with zero attached hydrogens (tertiary/aromatic N) is 2. The molecule has 2 heterocycles. The van der Waals surface area contributed by atoms with Crippen molar-refractivity contribution < 1.29 is 37.1 Å².